The maximum absolute atomic E-state index is 12.3. The molecule has 138 valence electrons. The highest BCUT2D eigenvalue weighted by atomic mass is 127. The number of benzene rings is 1. The molecular weight excluding hydrogens is 429 g/mol. The summed E-state index contributed by atoms with van der Waals surface area (Å²) in [6.45, 7) is 10.4. The molecule has 1 heterocycles. The Kier molecular flexibility index (Phi) is 9.98. The molecule has 1 aromatic carbocycles. The van der Waals surface area contributed by atoms with Gasteiger partial charge in [-0.1, -0.05) is 24.3 Å². The molecule has 0 radical (unpaired) electrons. The highest BCUT2D eigenvalue weighted by molar-refractivity contribution is 14.0. The SMILES string of the molecule is C=CCNC(=NCC(=O)N1CCN(c2ccccc2)CC1)NCC.I. The van der Waals surface area contributed by atoms with Crippen molar-refractivity contribution in [1.82, 2.24) is 15.5 Å². The van der Waals surface area contributed by atoms with Crippen LogP contribution in [0.15, 0.2) is 48.0 Å². The van der Waals surface area contributed by atoms with E-state index in [4.69, 9.17) is 0 Å². The van der Waals surface area contributed by atoms with Crippen LogP contribution in [-0.4, -0.2) is 62.6 Å². The summed E-state index contributed by atoms with van der Waals surface area (Å²) in [5.41, 5.74) is 1.21. The number of anilines is 1. The number of hydrogen-bond acceptors (Lipinski definition) is 3. The van der Waals surface area contributed by atoms with E-state index in [0.29, 0.717) is 12.5 Å². The average molecular weight is 457 g/mol. The summed E-state index contributed by atoms with van der Waals surface area (Å²) in [6, 6.07) is 10.3. The summed E-state index contributed by atoms with van der Waals surface area (Å²) in [5.74, 6) is 0.715. The monoisotopic (exact) mass is 457 g/mol. The van der Waals surface area contributed by atoms with Gasteiger partial charge in [0.05, 0.1) is 0 Å². The van der Waals surface area contributed by atoms with E-state index in [1.165, 1.54) is 5.69 Å². The number of rotatable bonds is 6. The predicted molar refractivity (Wildman–Crippen MR) is 115 cm³/mol. The largest absolute Gasteiger partial charge is 0.368 e. The molecule has 0 spiro atoms. The zero-order valence-corrected chi connectivity index (χ0v) is 17.1. The highest BCUT2D eigenvalue weighted by Gasteiger charge is 2.20. The molecule has 0 atom stereocenters. The molecular formula is C18H28IN5O. The molecule has 1 aromatic rings. The molecule has 0 bridgehead atoms. The highest BCUT2D eigenvalue weighted by Crippen LogP contribution is 2.15. The van der Waals surface area contributed by atoms with Crippen LogP contribution < -0.4 is 15.5 Å². The van der Waals surface area contributed by atoms with Crippen molar-refractivity contribution < 1.29 is 4.79 Å². The van der Waals surface area contributed by atoms with Crippen molar-refractivity contribution in [2.24, 2.45) is 4.99 Å². The van der Waals surface area contributed by atoms with Crippen molar-refractivity contribution in [3.63, 3.8) is 0 Å². The number of piperazine rings is 1. The molecule has 2 rings (SSSR count). The summed E-state index contributed by atoms with van der Waals surface area (Å²) >= 11 is 0. The Morgan fingerprint density at radius 3 is 2.48 bits per heavy atom. The smallest absolute Gasteiger partial charge is 0.244 e. The van der Waals surface area contributed by atoms with Crippen molar-refractivity contribution in [3.05, 3.63) is 43.0 Å². The molecule has 1 aliphatic heterocycles. The van der Waals surface area contributed by atoms with Crippen LogP contribution in [0.1, 0.15) is 6.92 Å². The number of para-hydroxylation sites is 1. The van der Waals surface area contributed by atoms with Crippen LogP contribution in [0.5, 0.6) is 0 Å². The Hall–Kier alpha value is -1.77. The maximum atomic E-state index is 12.3. The molecule has 1 aliphatic rings. The normalized spacial score (nSPS) is 14.5. The van der Waals surface area contributed by atoms with Gasteiger partial charge in [-0.2, -0.15) is 0 Å². The second-order valence-electron chi connectivity index (χ2n) is 5.57. The molecule has 2 N–H and O–H groups in total. The third kappa shape index (κ3) is 6.93. The topological polar surface area (TPSA) is 60.0 Å². The zero-order chi connectivity index (χ0) is 17.2. The van der Waals surface area contributed by atoms with Crippen LogP contribution in [0.4, 0.5) is 5.69 Å². The Morgan fingerprint density at radius 2 is 1.88 bits per heavy atom. The van der Waals surface area contributed by atoms with Gasteiger partial charge in [0, 0.05) is 45.0 Å². The van der Waals surface area contributed by atoms with E-state index in [9.17, 15) is 4.79 Å². The van der Waals surface area contributed by atoms with Crippen LogP contribution in [0.25, 0.3) is 0 Å². The number of aliphatic imine (C=N–C) groups is 1. The minimum absolute atomic E-state index is 0. The molecule has 0 aromatic heterocycles. The zero-order valence-electron chi connectivity index (χ0n) is 14.8. The number of amides is 1. The second-order valence-corrected chi connectivity index (χ2v) is 5.57. The first kappa shape index (κ1) is 21.3. The van der Waals surface area contributed by atoms with Crippen molar-refractivity contribution in [2.45, 2.75) is 6.92 Å². The Bertz CT molecular complexity index is 556. The Balaban J connectivity index is 0.00000312. The van der Waals surface area contributed by atoms with Crippen molar-refractivity contribution in [2.75, 3.05) is 50.7 Å². The fourth-order valence-corrected chi connectivity index (χ4v) is 2.61. The molecule has 25 heavy (non-hydrogen) atoms. The lowest BCUT2D eigenvalue weighted by Crippen LogP contribution is -2.49. The minimum atomic E-state index is 0. The Morgan fingerprint density at radius 1 is 1.20 bits per heavy atom. The van der Waals surface area contributed by atoms with Gasteiger partial charge >= 0.3 is 0 Å². The molecule has 0 aliphatic carbocycles. The van der Waals surface area contributed by atoms with Gasteiger partial charge in [-0.25, -0.2) is 4.99 Å². The third-order valence-corrected chi connectivity index (χ3v) is 3.88. The number of nitrogens with zero attached hydrogens (tertiary/aromatic N) is 3. The third-order valence-electron chi connectivity index (χ3n) is 3.88. The number of guanidine groups is 1. The summed E-state index contributed by atoms with van der Waals surface area (Å²) in [5, 5.41) is 6.22. The quantitative estimate of drug-likeness (QED) is 0.296. The van der Waals surface area contributed by atoms with Gasteiger partial charge in [-0.05, 0) is 19.1 Å². The summed E-state index contributed by atoms with van der Waals surface area (Å²) in [6.07, 6.45) is 1.76. The number of nitrogens with one attached hydrogen (secondary N) is 2. The Labute approximate surface area is 167 Å². The molecule has 7 heteroatoms. The summed E-state index contributed by atoms with van der Waals surface area (Å²) in [4.78, 5) is 20.9. The summed E-state index contributed by atoms with van der Waals surface area (Å²) in [7, 11) is 0. The van der Waals surface area contributed by atoms with Gasteiger partial charge in [0.15, 0.2) is 5.96 Å². The molecule has 0 unspecified atom stereocenters. The first-order valence-corrected chi connectivity index (χ1v) is 8.45. The standard InChI is InChI=1S/C18H27N5O.HI/c1-3-10-20-18(19-4-2)21-15-17(24)23-13-11-22(12-14-23)16-8-6-5-7-9-16;/h3,5-9H,1,4,10-15H2,2H3,(H2,19,20,21);1H. The van der Waals surface area contributed by atoms with E-state index in [2.05, 4.69) is 39.2 Å². The second kappa shape index (κ2) is 11.7. The van der Waals surface area contributed by atoms with E-state index in [0.717, 1.165) is 32.7 Å². The van der Waals surface area contributed by atoms with E-state index in [-0.39, 0.29) is 36.4 Å². The molecule has 0 saturated carbocycles. The van der Waals surface area contributed by atoms with Gasteiger partial charge in [0.25, 0.3) is 0 Å². The van der Waals surface area contributed by atoms with E-state index >= 15 is 0 Å². The van der Waals surface area contributed by atoms with Crippen LogP contribution in [-0.2, 0) is 4.79 Å². The lowest BCUT2D eigenvalue weighted by molar-refractivity contribution is -0.129. The van der Waals surface area contributed by atoms with Crippen molar-refractivity contribution >= 4 is 41.5 Å². The molecule has 1 fully saturated rings. The maximum Gasteiger partial charge on any atom is 0.244 e. The van der Waals surface area contributed by atoms with Crippen LogP contribution >= 0.6 is 24.0 Å². The van der Waals surface area contributed by atoms with Crippen molar-refractivity contribution in [3.8, 4) is 0 Å². The van der Waals surface area contributed by atoms with Crippen LogP contribution in [0.2, 0.25) is 0 Å². The molecule has 1 amide bonds. The number of hydrogen-bond donors (Lipinski definition) is 2. The minimum Gasteiger partial charge on any atom is -0.368 e. The van der Waals surface area contributed by atoms with Crippen molar-refractivity contribution in [1.29, 1.82) is 0 Å². The average Bonchev–Trinajstić information content (AvgIpc) is 2.64. The molecule has 6 nitrogen and oxygen atoms in total. The fraction of sp³-hybridized carbons (Fsp3) is 0.444. The lowest BCUT2D eigenvalue weighted by atomic mass is 10.2. The van der Waals surface area contributed by atoms with Crippen LogP contribution in [0.3, 0.4) is 0 Å². The van der Waals surface area contributed by atoms with Gasteiger partial charge in [-0.15, -0.1) is 30.6 Å². The van der Waals surface area contributed by atoms with Gasteiger partial charge in [0.2, 0.25) is 5.91 Å². The number of carbonyl (C=O) groups excluding carboxylic acids is 1. The fourth-order valence-electron chi connectivity index (χ4n) is 2.61. The van der Waals surface area contributed by atoms with Crippen LogP contribution in [0, 0.1) is 0 Å². The number of halogens is 1. The lowest BCUT2D eigenvalue weighted by Gasteiger charge is -2.36. The number of carbonyl (C=O) groups is 1. The van der Waals surface area contributed by atoms with Gasteiger partial charge < -0.3 is 20.4 Å². The molecule has 1 saturated heterocycles. The predicted octanol–water partition coefficient (Wildman–Crippen LogP) is 1.69. The van der Waals surface area contributed by atoms with E-state index in [1.54, 1.807) is 6.08 Å². The summed E-state index contributed by atoms with van der Waals surface area (Å²) < 4.78 is 0. The first-order valence-electron chi connectivity index (χ1n) is 8.45. The first-order chi connectivity index (χ1) is 11.7. The van der Waals surface area contributed by atoms with E-state index < -0.39 is 0 Å². The van der Waals surface area contributed by atoms with E-state index in [1.807, 2.05) is 30.0 Å². The van der Waals surface area contributed by atoms with Gasteiger partial charge in [-0.3, -0.25) is 4.79 Å². The van der Waals surface area contributed by atoms with Gasteiger partial charge in [0.1, 0.15) is 6.54 Å².